The Balaban J connectivity index is 1.16. The number of carbonyl (C=O) groups is 3. The van der Waals surface area contributed by atoms with Crippen molar-refractivity contribution in [1.29, 1.82) is 0 Å². The predicted molar refractivity (Wildman–Crippen MR) is 176 cm³/mol. The molecule has 5 N–H and O–H groups in total. The van der Waals surface area contributed by atoms with E-state index in [1.54, 1.807) is 11.3 Å². The summed E-state index contributed by atoms with van der Waals surface area (Å²) in [6.45, 7) is 13.9. The van der Waals surface area contributed by atoms with Gasteiger partial charge >= 0.3 is 0 Å². The van der Waals surface area contributed by atoms with Crippen LogP contribution in [0, 0.1) is 12.3 Å². The number of thiazole rings is 1. The standard InChI is InChI=1S/C33H49N7O4S/c1-20(22-6-8-23(9-7-22)29-21(2)36-19-45-29)37-31(43)27-16-26(41)18-40(27)32(44)30(33(3,4)5)38-28(42)17-35-24-14-25(15-24)39-12-10-34-11-13-39/h6-9,19-20,24-27,30,34-35,41H,10-18H2,1-5H3,(H,37,43)(H,38,42)/t20-,24?,25?,26-,27+,30-/m1/s1. The summed E-state index contributed by atoms with van der Waals surface area (Å²) in [6, 6.07) is 6.90. The van der Waals surface area contributed by atoms with Crippen LogP contribution in [0.1, 0.15) is 64.3 Å². The van der Waals surface area contributed by atoms with E-state index in [1.165, 1.54) is 4.90 Å². The first-order chi connectivity index (χ1) is 21.4. The van der Waals surface area contributed by atoms with E-state index in [0.29, 0.717) is 6.04 Å². The van der Waals surface area contributed by atoms with Gasteiger partial charge in [0.25, 0.3) is 0 Å². The molecule has 11 nitrogen and oxygen atoms in total. The van der Waals surface area contributed by atoms with Gasteiger partial charge in [-0.25, -0.2) is 4.98 Å². The number of rotatable bonds is 10. The number of hydrogen-bond acceptors (Lipinski definition) is 9. The molecule has 5 rings (SSSR count). The van der Waals surface area contributed by atoms with Crippen LogP contribution in [0.2, 0.25) is 0 Å². The number of β-amino-alcohol motifs (C(OH)–C–C–N with tert-alkyl or cyclic N) is 1. The predicted octanol–water partition coefficient (Wildman–Crippen LogP) is 1.81. The fraction of sp³-hybridized carbons (Fsp3) is 0.636. The first kappa shape index (κ1) is 33.5. The lowest BCUT2D eigenvalue weighted by atomic mass is 9.84. The maximum atomic E-state index is 13.9. The van der Waals surface area contributed by atoms with Gasteiger partial charge < -0.3 is 31.3 Å². The largest absolute Gasteiger partial charge is 0.391 e. The molecule has 0 bridgehead atoms. The van der Waals surface area contributed by atoms with Crippen LogP contribution in [0.25, 0.3) is 10.4 Å². The number of likely N-dealkylation sites (tertiary alicyclic amines) is 1. The number of nitrogens with one attached hydrogen (secondary N) is 4. The van der Waals surface area contributed by atoms with Gasteiger partial charge in [0.2, 0.25) is 17.7 Å². The van der Waals surface area contributed by atoms with Crippen LogP contribution in [0.5, 0.6) is 0 Å². The number of hydrogen-bond donors (Lipinski definition) is 5. The van der Waals surface area contributed by atoms with Crippen molar-refractivity contribution in [3.8, 4) is 10.4 Å². The van der Waals surface area contributed by atoms with E-state index in [2.05, 4.69) is 31.2 Å². The van der Waals surface area contributed by atoms with Gasteiger partial charge in [-0.05, 0) is 43.2 Å². The molecule has 2 aliphatic heterocycles. The highest BCUT2D eigenvalue weighted by Gasteiger charge is 2.45. The van der Waals surface area contributed by atoms with E-state index >= 15 is 0 Å². The normalized spacial score (nSPS) is 25.3. The highest BCUT2D eigenvalue weighted by molar-refractivity contribution is 7.13. The zero-order valence-corrected chi connectivity index (χ0v) is 28.0. The highest BCUT2D eigenvalue weighted by atomic mass is 32.1. The lowest BCUT2D eigenvalue weighted by Crippen LogP contribution is -2.60. The van der Waals surface area contributed by atoms with Crippen molar-refractivity contribution in [2.45, 2.75) is 90.2 Å². The maximum absolute atomic E-state index is 13.9. The number of aliphatic hydroxyl groups excluding tert-OH is 1. The molecule has 1 aromatic heterocycles. The second kappa shape index (κ2) is 14.3. The number of aryl methyl sites for hydroxylation is 1. The summed E-state index contributed by atoms with van der Waals surface area (Å²) in [5, 5.41) is 23.3. The van der Waals surface area contributed by atoms with Gasteiger partial charge in [-0.1, -0.05) is 45.0 Å². The smallest absolute Gasteiger partial charge is 0.246 e. The Labute approximate surface area is 270 Å². The zero-order valence-electron chi connectivity index (χ0n) is 27.1. The molecule has 1 saturated carbocycles. The van der Waals surface area contributed by atoms with Gasteiger partial charge in [0.05, 0.1) is 34.8 Å². The van der Waals surface area contributed by atoms with Gasteiger partial charge in [0.15, 0.2) is 0 Å². The zero-order chi connectivity index (χ0) is 32.3. The Kier molecular flexibility index (Phi) is 10.6. The molecule has 3 heterocycles. The first-order valence-corrected chi connectivity index (χ1v) is 17.1. The molecule has 12 heteroatoms. The molecular formula is C33H49N7O4S. The molecule has 1 aromatic carbocycles. The van der Waals surface area contributed by atoms with E-state index in [9.17, 15) is 19.5 Å². The number of aromatic nitrogens is 1. The highest BCUT2D eigenvalue weighted by Crippen LogP contribution is 2.30. The second-order valence-corrected chi connectivity index (χ2v) is 14.7. The minimum Gasteiger partial charge on any atom is -0.391 e. The molecule has 45 heavy (non-hydrogen) atoms. The van der Waals surface area contributed by atoms with Crippen molar-refractivity contribution in [2.75, 3.05) is 39.3 Å². The summed E-state index contributed by atoms with van der Waals surface area (Å²) in [6.07, 6.45) is 1.37. The molecule has 3 fully saturated rings. The van der Waals surface area contributed by atoms with Gasteiger partial charge in [0, 0.05) is 51.2 Å². The summed E-state index contributed by atoms with van der Waals surface area (Å²) in [4.78, 5) is 49.9. The summed E-state index contributed by atoms with van der Waals surface area (Å²) < 4.78 is 0. The Hall–Kier alpha value is -2.90. The van der Waals surface area contributed by atoms with Crippen LogP contribution in [-0.2, 0) is 14.4 Å². The molecule has 3 aliphatic rings. The van der Waals surface area contributed by atoms with Crippen LogP contribution in [-0.4, -0.2) is 107 Å². The lowest BCUT2D eigenvalue weighted by molar-refractivity contribution is -0.144. The topological polar surface area (TPSA) is 139 Å². The Morgan fingerprint density at radius 3 is 2.40 bits per heavy atom. The summed E-state index contributed by atoms with van der Waals surface area (Å²) >= 11 is 1.59. The minimum absolute atomic E-state index is 0.0460. The third-order valence-electron chi connectivity index (χ3n) is 9.39. The monoisotopic (exact) mass is 639 g/mol. The van der Waals surface area contributed by atoms with Crippen LogP contribution >= 0.6 is 11.3 Å². The molecule has 1 aliphatic carbocycles. The Bertz CT molecular complexity index is 1330. The van der Waals surface area contributed by atoms with E-state index < -0.39 is 23.6 Å². The van der Waals surface area contributed by atoms with E-state index in [0.717, 1.165) is 60.7 Å². The minimum atomic E-state index is -0.845. The lowest BCUT2D eigenvalue weighted by Gasteiger charge is -2.45. The molecule has 2 aromatic rings. The average Bonchev–Trinajstić information content (AvgIpc) is 3.60. The first-order valence-electron chi connectivity index (χ1n) is 16.2. The van der Waals surface area contributed by atoms with Gasteiger partial charge in [-0.15, -0.1) is 11.3 Å². The van der Waals surface area contributed by atoms with Crippen molar-refractivity contribution in [2.24, 2.45) is 5.41 Å². The quantitative estimate of drug-likeness (QED) is 0.266. The van der Waals surface area contributed by atoms with Crippen LogP contribution in [0.4, 0.5) is 0 Å². The number of amides is 3. The molecule has 2 saturated heterocycles. The summed E-state index contributed by atoms with van der Waals surface area (Å²) in [5.74, 6) is -0.924. The molecule has 4 atom stereocenters. The van der Waals surface area contributed by atoms with Crippen molar-refractivity contribution in [3.05, 3.63) is 41.0 Å². The van der Waals surface area contributed by atoms with Gasteiger partial charge in [0.1, 0.15) is 12.1 Å². The van der Waals surface area contributed by atoms with Gasteiger partial charge in [-0.3, -0.25) is 19.3 Å². The maximum Gasteiger partial charge on any atom is 0.246 e. The molecule has 0 spiro atoms. The number of benzene rings is 1. The number of nitrogens with zero attached hydrogens (tertiary/aromatic N) is 3. The van der Waals surface area contributed by atoms with E-state index in [4.69, 9.17) is 0 Å². The molecule has 246 valence electrons. The molecule has 3 amide bonds. The third kappa shape index (κ3) is 8.10. The van der Waals surface area contributed by atoms with Crippen LogP contribution in [0.3, 0.4) is 0 Å². The Morgan fingerprint density at radius 2 is 1.78 bits per heavy atom. The van der Waals surface area contributed by atoms with E-state index in [-0.39, 0.29) is 49.3 Å². The van der Waals surface area contributed by atoms with Crippen LogP contribution < -0.4 is 21.3 Å². The van der Waals surface area contributed by atoms with Crippen molar-refractivity contribution >= 4 is 29.1 Å². The summed E-state index contributed by atoms with van der Waals surface area (Å²) in [7, 11) is 0. The fourth-order valence-corrected chi connectivity index (χ4v) is 7.38. The molecule has 0 radical (unpaired) electrons. The molecule has 0 unspecified atom stereocenters. The number of carbonyl (C=O) groups excluding carboxylic acids is 3. The molecular weight excluding hydrogens is 590 g/mol. The average molecular weight is 640 g/mol. The van der Waals surface area contributed by atoms with Crippen LogP contribution in [0.15, 0.2) is 29.8 Å². The number of piperazine rings is 1. The SMILES string of the molecule is Cc1ncsc1-c1ccc([C@@H](C)NC(=O)[C@@H]2C[C@@H](O)CN2C(=O)[C@@H](NC(=O)CNC2CC(N3CCNCC3)C2)C(C)(C)C)cc1. The van der Waals surface area contributed by atoms with E-state index in [1.807, 2.05) is 64.4 Å². The second-order valence-electron chi connectivity index (χ2n) is 13.9. The Morgan fingerprint density at radius 1 is 1.09 bits per heavy atom. The van der Waals surface area contributed by atoms with Crippen molar-refractivity contribution < 1.29 is 19.5 Å². The fourth-order valence-electron chi connectivity index (χ4n) is 6.56. The number of aliphatic hydroxyl groups is 1. The third-order valence-corrected chi connectivity index (χ3v) is 10.4. The van der Waals surface area contributed by atoms with Crippen molar-refractivity contribution in [3.63, 3.8) is 0 Å². The summed E-state index contributed by atoms with van der Waals surface area (Å²) in [5.41, 5.74) is 4.22. The van der Waals surface area contributed by atoms with Gasteiger partial charge in [-0.2, -0.15) is 0 Å². The van der Waals surface area contributed by atoms with Crippen molar-refractivity contribution in [1.82, 2.24) is 36.1 Å².